The summed E-state index contributed by atoms with van der Waals surface area (Å²) in [5.41, 5.74) is 4.50. The third-order valence-corrected chi connectivity index (χ3v) is 4.02. The van der Waals surface area contributed by atoms with Crippen LogP contribution in [0.4, 0.5) is 5.95 Å². The molecule has 0 aliphatic carbocycles. The summed E-state index contributed by atoms with van der Waals surface area (Å²) in [5.74, 6) is 2.16. The SMILES string of the molecule is CCOc1c(/C=N\Nc2nc(-c3ccc(OC)cc3)cc(=O)[nH]2)cccc1OC. The van der Waals surface area contributed by atoms with Crippen molar-refractivity contribution in [1.82, 2.24) is 9.97 Å². The summed E-state index contributed by atoms with van der Waals surface area (Å²) in [6.07, 6.45) is 1.58. The molecule has 0 spiro atoms. The molecular formula is C21H22N4O4. The Hall–Kier alpha value is -3.81. The molecule has 8 heteroatoms. The Kier molecular flexibility index (Phi) is 6.47. The molecule has 2 aromatic carbocycles. The molecule has 3 rings (SSSR count). The van der Waals surface area contributed by atoms with Gasteiger partial charge < -0.3 is 14.2 Å². The van der Waals surface area contributed by atoms with Gasteiger partial charge in [-0.3, -0.25) is 9.78 Å². The van der Waals surface area contributed by atoms with Gasteiger partial charge in [0.25, 0.3) is 5.56 Å². The molecule has 1 heterocycles. The lowest BCUT2D eigenvalue weighted by atomic mass is 10.1. The highest BCUT2D eigenvalue weighted by Crippen LogP contribution is 2.30. The Morgan fingerprint density at radius 1 is 1.14 bits per heavy atom. The first-order valence-corrected chi connectivity index (χ1v) is 8.99. The van der Waals surface area contributed by atoms with Crippen molar-refractivity contribution < 1.29 is 14.2 Å². The minimum absolute atomic E-state index is 0.223. The molecule has 1 aromatic heterocycles. The van der Waals surface area contributed by atoms with Crippen molar-refractivity contribution >= 4 is 12.2 Å². The van der Waals surface area contributed by atoms with Gasteiger partial charge >= 0.3 is 0 Å². The minimum atomic E-state index is -0.292. The monoisotopic (exact) mass is 394 g/mol. The molecule has 0 saturated carbocycles. The van der Waals surface area contributed by atoms with E-state index in [9.17, 15) is 4.79 Å². The summed E-state index contributed by atoms with van der Waals surface area (Å²) in [7, 11) is 3.18. The van der Waals surface area contributed by atoms with Crippen LogP contribution >= 0.6 is 0 Å². The van der Waals surface area contributed by atoms with Gasteiger partial charge in [-0.05, 0) is 43.3 Å². The number of anilines is 1. The van der Waals surface area contributed by atoms with Crippen LogP contribution in [-0.4, -0.2) is 37.0 Å². The molecule has 0 fully saturated rings. The highest BCUT2D eigenvalue weighted by atomic mass is 16.5. The number of aromatic nitrogens is 2. The molecule has 0 aliphatic rings. The lowest BCUT2D eigenvalue weighted by Gasteiger charge is -2.11. The maximum atomic E-state index is 12.0. The number of nitrogens with zero attached hydrogens (tertiary/aromatic N) is 2. The normalized spacial score (nSPS) is 10.7. The zero-order chi connectivity index (χ0) is 20.6. The average Bonchev–Trinajstić information content (AvgIpc) is 2.74. The van der Waals surface area contributed by atoms with Gasteiger partial charge in [-0.25, -0.2) is 10.4 Å². The molecule has 150 valence electrons. The lowest BCUT2D eigenvalue weighted by Crippen LogP contribution is -2.10. The number of nitrogens with one attached hydrogen (secondary N) is 2. The second kappa shape index (κ2) is 9.41. The van der Waals surface area contributed by atoms with E-state index in [0.29, 0.717) is 23.8 Å². The van der Waals surface area contributed by atoms with E-state index in [1.165, 1.54) is 6.07 Å². The second-order valence-electron chi connectivity index (χ2n) is 5.89. The van der Waals surface area contributed by atoms with Crippen LogP contribution in [-0.2, 0) is 0 Å². The van der Waals surface area contributed by atoms with E-state index in [1.54, 1.807) is 20.4 Å². The first kappa shape index (κ1) is 19.9. The zero-order valence-electron chi connectivity index (χ0n) is 16.4. The number of para-hydroxylation sites is 1. The van der Waals surface area contributed by atoms with Crippen LogP contribution in [0.5, 0.6) is 17.2 Å². The molecule has 0 bridgehead atoms. The van der Waals surface area contributed by atoms with E-state index < -0.39 is 0 Å². The quantitative estimate of drug-likeness (QED) is 0.449. The van der Waals surface area contributed by atoms with Crippen molar-refractivity contribution in [2.24, 2.45) is 5.10 Å². The fraction of sp³-hybridized carbons (Fsp3) is 0.190. The first-order chi connectivity index (χ1) is 14.1. The summed E-state index contributed by atoms with van der Waals surface area (Å²) < 4.78 is 16.1. The van der Waals surface area contributed by atoms with Gasteiger partial charge in [0, 0.05) is 17.2 Å². The lowest BCUT2D eigenvalue weighted by molar-refractivity contribution is 0.310. The molecule has 0 amide bonds. The first-order valence-electron chi connectivity index (χ1n) is 8.99. The van der Waals surface area contributed by atoms with Crippen molar-refractivity contribution in [2.45, 2.75) is 6.92 Å². The number of hydrogen-bond donors (Lipinski definition) is 2. The van der Waals surface area contributed by atoms with Gasteiger partial charge in [-0.15, -0.1) is 0 Å². The third kappa shape index (κ3) is 4.92. The summed E-state index contributed by atoms with van der Waals surface area (Å²) in [6, 6.07) is 14.2. The van der Waals surface area contributed by atoms with Crippen LogP contribution in [0.1, 0.15) is 12.5 Å². The Balaban J connectivity index is 1.82. The van der Waals surface area contributed by atoms with E-state index in [4.69, 9.17) is 14.2 Å². The predicted molar refractivity (Wildman–Crippen MR) is 112 cm³/mol. The van der Waals surface area contributed by atoms with Gasteiger partial charge in [-0.1, -0.05) is 6.07 Å². The van der Waals surface area contributed by atoms with Crippen LogP contribution in [0.3, 0.4) is 0 Å². The maximum absolute atomic E-state index is 12.0. The number of hydrogen-bond acceptors (Lipinski definition) is 7. The molecule has 0 aliphatic heterocycles. The number of benzene rings is 2. The van der Waals surface area contributed by atoms with Crippen molar-refractivity contribution in [1.29, 1.82) is 0 Å². The predicted octanol–water partition coefficient (Wildman–Crippen LogP) is 3.30. The number of hydrazone groups is 1. The fourth-order valence-electron chi connectivity index (χ4n) is 2.68. The Morgan fingerprint density at radius 3 is 2.62 bits per heavy atom. The molecule has 0 atom stereocenters. The Morgan fingerprint density at radius 2 is 1.93 bits per heavy atom. The standard InChI is InChI=1S/C21H22N4O4/c1-4-29-20-15(6-5-7-18(20)28-3)13-22-25-21-23-17(12-19(26)24-21)14-8-10-16(27-2)11-9-14/h5-13H,4H2,1-3H3,(H2,23,24,25,26)/b22-13-. The fourth-order valence-corrected chi connectivity index (χ4v) is 2.68. The molecule has 2 N–H and O–H groups in total. The van der Waals surface area contributed by atoms with Crippen LogP contribution in [0.2, 0.25) is 0 Å². The molecular weight excluding hydrogens is 372 g/mol. The van der Waals surface area contributed by atoms with Gasteiger partial charge in [0.1, 0.15) is 5.75 Å². The van der Waals surface area contributed by atoms with E-state index in [-0.39, 0.29) is 11.5 Å². The number of ether oxygens (including phenoxy) is 3. The Bertz CT molecular complexity index is 1050. The third-order valence-electron chi connectivity index (χ3n) is 4.02. The topological polar surface area (TPSA) is 97.8 Å². The molecule has 0 unspecified atom stereocenters. The molecule has 8 nitrogen and oxygen atoms in total. The van der Waals surface area contributed by atoms with E-state index in [0.717, 1.165) is 16.9 Å². The van der Waals surface area contributed by atoms with Crippen molar-refractivity contribution in [3.05, 3.63) is 64.4 Å². The summed E-state index contributed by atoms with van der Waals surface area (Å²) in [6.45, 7) is 2.39. The van der Waals surface area contributed by atoms with Crippen LogP contribution in [0.25, 0.3) is 11.3 Å². The van der Waals surface area contributed by atoms with Crippen LogP contribution in [0, 0.1) is 0 Å². The van der Waals surface area contributed by atoms with Gasteiger partial charge in [0.2, 0.25) is 5.95 Å². The summed E-state index contributed by atoms with van der Waals surface area (Å²) >= 11 is 0. The van der Waals surface area contributed by atoms with E-state index in [1.807, 2.05) is 49.4 Å². The van der Waals surface area contributed by atoms with E-state index in [2.05, 4.69) is 20.5 Å². The molecule has 0 saturated heterocycles. The van der Waals surface area contributed by atoms with Crippen LogP contribution in [0.15, 0.2) is 58.4 Å². The van der Waals surface area contributed by atoms with Crippen molar-refractivity contribution in [3.63, 3.8) is 0 Å². The summed E-state index contributed by atoms with van der Waals surface area (Å²) in [4.78, 5) is 19.0. The number of rotatable bonds is 8. The van der Waals surface area contributed by atoms with Gasteiger partial charge in [0.15, 0.2) is 11.5 Å². The average molecular weight is 394 g/mol. The largest absolute Gasteiger partial charge is 0.497 e. The maximum Gasteiger partial charge on any atom is 0.252 e. The molecule has 0 radical (unpaired) electrons. The number of H-pyrrole nitrogens is 1. The van der Waals surface area contributed by atoms with Gasteiger partial charge in [-0.2, -0.15) is 5.10 Å². The van der Waals surface area contributed by atoms with Crippen molar-refractivity contribution in [2.75, 3.05) is 26.3 Å². The summed E-state index contributed by atoms with van der Waals surface area (Å²) in [5, 5.41) is 4.17. The molecule has 29 heavy (non-hydrogen) atoms. The zero-order valence-corrected chi connectivity index (χ0v) is 16.4. The smallest absolute Gasteiger partial charge is 0.252 e. The minimum Gasteiger partial charge on any atom is -0.497 e. The number of aromatic amines is 1. The van der Waals surface area contributed by atoms with Crippen molar-refractivity contribution in [3.8, 4) is 28.5 Å². The van der Waals surface area contributed by atoms with E-state index >= 15 is 0 Å². The molecule has 3 aromatic rings. The highest BCUT2D eigenvalue weighted by Gasteiger charge is 2.09. The van der Waals surface area contributed by atoms with Gasteiger partial charge in [0.05, 0.1) is 32.7 Å². The highest BCUT2D eigenvalue weighted by molar-refractivity contribution is 5.85. The number of methoxy groups -OCH3 is 2. The Labute approximate surface area is 168 Å². The van der Waals surface area contributed by atoms with Crippen LogP contribution < -0.4 is 25.2 Å². The second-order valence-corrected chi connectivity index (χ2v) is 5.89.